The zero-order valence-corrected chi connectivity index (χ0v) is 16.0. The first-order chi connectivity index (χ1) is 13.0. The van der Waals surface area contributed by atoms with Crippen LogP contribution in [0, 0.1) is 0 Å². The maximum Gasteiger partial charge on any atom is 0.253 e. The van der Waals surface area contributed by atoms with E-state index in [4.69, 9.17) is 5.73 Å². The molecule has 0 aromatic heterocycles. The van der Waals surface area contributed by atoms with Gasteiger partial charge in [0, 0.05) is 6.04 Å². The van der Waals surface area contributed by atoms with Gasteiger partial charge >= 0.3 is 0 Å². The van der Waals surface area contributed by atoms with E-state index in [1.807, 2.05) is 6.92 Å². The van der Waals surface area contributed by atoms with Crippen molar-refractivity contribution in [3.05, 3.63) is 29.8 Å². The van der Waals surface area contributed by atoms with E-state index in [2.05, 4.69) is 10.6 Å². The molecule has 0 atom stereocenters. The molecule has 7 nitrogen and oxygen atoms in total. The molecule has 0 aliphatic heterocycles. The second kappa shape index (κ2) is 10.7. The maximum atomic E-state index is 12.6. The van der Waals surface area contributed by atoms with Gasteiger partial charge in [0.15, 0.2) is 0 Å². The number of nitrogens with zero attached hydrogens (tertiary/aromatic N) is 1. The van der Waals surface area contributed by atoms with E-state index in [1.165, 1.54) is 0 Å². The van der Waals surface area contributed by atoms with Gasteiger partial charge in [0.05, 0.1) is 24.3 Å². The van der Waals surface area contributed by atoms with Gasteiger partial charge in [-0.05, 0) is 37.9 Å². The van der Waals surface area contributed by atoms with Crippen LogP contribution in [0.1, 0.15) is 55.8 Å². The third-order valence-corrected chi connectivity index (χ3v) is 4.71. The monoisotopic (exact) mass is 374 g/mol. The smallest absolute Gasteiger partial charge is 0.253 e. The number of carbonyl (C=O) groups excluding carboxylic acids is 3. The molecule has 1 aromatic rings. The molecular formula is C20H30N4O3. The Labute approximate surface area is 160 Å². The van der Waals surface area contributed by atoms with Gasteiger partial charge in [-0.25, -0.2) is 0 Å². The Bertz CT molecular complexity index is 656. The summed E-state index contributed by atoms with van der Waals surface area (Å²) in [7, 11) is 0. The standard InChI is InChI=1S/C20H30N4O3/c1-2-3-12-24(13-18(21)25)14-19(26)23-17-11-7-6-10-16(17)20(27)22-15-8-4-5-9-15/h6-7,10-11,15H,2-5,8-9,12-14H2,1H3,(H2,21,25)(H,22,27)(H,23,26). The van der Waals surface area contributed by atoms with Crippen molar-refractivity contribution >= 4 is 23.4 Å². The van der Waals surface area contributed by atoms with Crippen LogP contribution in [0.4, 0.5) is 5.69 Å². The third kappa shape index (κ3) is 7.02. The number of amides is 3. The summed E-state index contributed by atoms with van der Waals surface area (Å²) in [6.07, 6.45) is 6.11. The topological polar surface area (TPSA) is 105 Å². The molecule has 27 heavy (non-hydrogen) atoms. The third-order valence-electron chi connectivity index (χ3n) is 4.71. The van der Waals surface area contributed by atoms with Crippen LogP contribution in [0.3, 0.4) is 0 Å². The molecular weight excluding hydrogens is 344 g/mol. The van der Waals surface area contributed by atoms with E-state index in [9.17, 15) is 14.4 Å². The molecule has 1 aromatic carbocycles. The molecule has 4 N–H and O–H groups in total. The van der Waals surface area contributed by atoms with Crippen molar-refractivity contribution in [2.75, 3.05) is 25.0 Å². The number of unbranched alkanes of at least 4 members (excludes halogenated alkanes) is 1. The second-order valence-electron chi connectivity index (χ2n) is 7.08. The van der Waals surface area contributed by atoms with Crippen molar-refractivity contribution in [2.24, 2.45) is 5.73 Å². The van der Waals surface area contributed by atoms with Crippen LogP contribution in [0.2, 0.25) is 0 Å². The quantitative estimate of drug-likeness (QED) is 0.581. The number of hydrogen-bond donors (Lipinski definition) is 3. The summed E-state index contributed by atoms with van der Waals surface area (Å²) in [5.41, 5.74) is 6.20. The van der Waals surface area contributed by atoms with Crippen molar-refractivity contribution in [1.82, 2.24) is 10.2 Å². The minimum absolute atomic E-state index is 0.0389. The Balaban J connectivity index is 1.99. The molecule has 148 valence electrons. The summed E-state index contributed by atoms with van der Waals surface area (Å²) in [4.78, 5) is 38.0. The summed E-state index contributed by atoms with van der Waals surface area (Å²) in [6, 6.07) is 7.19. The zero-order valence-electron chi connectivity index (χ0n) is 16.0. The SMILES string of the molecule is CCCCN(CC(N)=O)CC(=O)Nc1ccccc1C(=O)NC1CCCC1. The van der Waals surface area contributed by atoms with Crippen LogP contribution in [0.5, 0.6) is 0 Å². The fourth-order valence-electron chi connectivity index (χ4n) is 3.33. The van der Waals surface area contributed by atoms with Crippen LogP contribution in [0.25, 0.3) is 0 Å². The Hall–Kier alpha value is -2.41. The average Bonchev–Trinajstić information content (AvgIpc) is 3.12. The van der Waals surface area contributed by atoms with E-state index in [1.54, 1.807) is 29.2 Å². The molecule has 1 fully saturated rings. The summed E-state index contributed by atoms with van der Waals surface area (Å²) in [6.45, 7) is 2.76. The molecule has 0 spiro atoms. The first-order valence-electron chi connectivity index (χ1n) is 9.70. The van der Waals surface area contributed by atoms with Gasteiger partial charge in [0.1, 0.15) is 0 Å². The van der Waals surface area contributed by atoms with Gasteiger partial charge in [-0.1, -0.05) is 38.3 Å². The van der Waals surface area contributed by atoms with E-state index in [0.29, 0.717) is 17.8 Å². The van der Waals surface area contributed by atoms with Crippen LogP contribution < -0.4 is 16.4 Å². The molecule has 0 radical (unpaired) electrons. The van der Waals surface area contributed by atoms with Gasteiger partial charge in [-0.2, -0.15) is 0 Å². The van der Waals surface area contributed by atoms with E-state index < -0.39 is 5.91 Å². The normalized spacial score (nSPS) is 14.3. The highest BCUT2D eigenvalue weighted by Crippen LogP contribution is 2.20. The highest BCUT2D eigenvalue weighted by molar-refractivity contribution is 6.04. The first-order valence-corrected chi connectivity index (χ1v) is 9.70. The summed E-state index contributed by atoms with van der Waals surface area (Å²) in [5, 5.41) is 5.84. The van der Waals surface area contributed by atoms with Gasteiger partial charge in [-0.3, -0.25) is 19.3 Å². The molecule has 0 unspecified atom stereocenters. The fraction of sp³-hybridized carbons (Fsp3) is 0.550. The van der Waals surface area contributed by atoms with Gasteiger partial charge < -0.3 is 16.4 Å². The van der Waals surface area contributed by atoms with Crippen molar-refractivity contribution in [2.45, 2.75) is 51.5 Å². The van der Waals surface area contributed by atoms with E-state index >= 15 is 0 Å². The number of hydrogen-bond acceptors (Lipinski definition) is 4. The molecule has 1 aliphatic rings. The minimum atomic E-state index is -0.463. The Morgan fingerprint density at radius 2 is 1.85 bits per heavy atom. The lowest BCUT2D eigenvalue weighted by Gasteiger charge is -2.20. The fourth-order valence-corrected chi connectivity index (χ4v) is 3.33. The zero-order chi connectivity index (χ0) is 19.6. The number of nitrogens with one attached hydrogen (secondary N) is 2. The van der Waals surface area contributed by atoms with Crippen LogP contribution in [-0.4, -0.2) is 48.3 Å². The number of benzene rings is 1. The van der Waals surface area contributed by atoms with Crippen molar-refractivity contribution in [3.63, 3.8) is 0 Å². The lowest BCUT2D eigenvalue weighted by atomic mass is 10.1. The molecule has 1 aliphatic carbocycles. The number of anilines is 1. The lowest BCUT2D eigenvalue weighted by Crippen LogP contribution is -2.40. The number of rotatable bonds is 10. The summed E-state index contributed by atoms with van der Waals surface area (Å²) < 4.78 is 0. The Morgan fingerprint density at radius 3 is 2.52 bits per heavy atom. The molecule has 0 heterocycles. The number of nitrogens with two attached hydrogens (primary N) is 1. The second-order valence-corrected chi connectivity index (χ2v) is 7.08. The molecule has 0 bridgehead atoms. The number of carbonyl (C=O) groups is 3. The number of para-hydroxylation sites is 1. The molecule has 0 saturated heterocycles. The highest BCUT2D eigenvalue weighted by Gasteiger charge is 2.20. The first kappa shape index (κ1) is 20.9. The van der Waals surface area contributed by atoms with Crippen molar-refractivity contribution in [3.8, 4) is 0 Å². The predicted molar refractivity (Wildman–Crippen MR) is 105 cm³/mol. The average molecular weight is 374 g/mol. The molecule has 3 amide bonds. The predicted octanol–water partition coefficient (Wildman–Crippen LogP) is 1.88. The Morgan fingerprint density at radius 1 is 1.15 bits per heavy atom. The van der Waals surface area contributed by atoms with Gasteiger partial charge in [0.25, 0.3) is 5.91 Å². The lowest BCUT2D eigenvalue weighted by molar-refractivity contribution is -0.121. The van der Waals surface area contributed by atoms with E-state index in [-0.39, 0.29) is 30.9 Å². The summed E-state index contributed by atoms with van der Waals surface area (Å²) in [5.74, 6) is -0.901. The number of primary amides is 1. The Kier molecular flexibility index (Phi) is 8.26. The highest BCUT2D eigenvalue weighted by atomic mass is 16.2. The van der Waals surface area contributed by atoms with Gasteiger partial charge in [-0.15, -0.1) is 0 Å². The van der Waals surface area contributed by atoms with Crippen LogP contribution in [-0.2, 0) is 9.59 Å². The van der Waals surface area contributed by atoms with Crippen LogP contribution >= 0.6 is 0 Å². The van der Waals surface area contributed by atoms with Crippen LogP contribution in [0.15, 0.2) is 24.3 Å². The van der Waals surface area contributed by atoms with Gasteiger partial charge in [0.2, 0.25) is 11.8 Å². The van der Waals surface area contributed by atoms with E-state index in [0.717, 1.165) is 38.5 Å². The minimum Gasteiger partial charge on any atom is -0.369 e. The molecule has 7 heteroatoms. The van der Waals surface area contributed by atoms with Crippen molar-refractivity contribution < 1.29 is 14.4 Å². The molecule has 2 rings (SSSR count). The maximum absolute atomic E-state index is 12.6. The largest absolute Gasteiger partial charge is 0.369 e. The summed E-state index contributed by atoms with van der Waals surface area (Å²) >= 11 is 0. The molecule has 1 saturated carbocycles. The van der Waals surface area contributed by atoms with Crippen molar-refractivity contribution in [1.29, 1.82) is 0 Å².